The number of hydrogen-bond acceptors (Lipinski definition) is 4. The first kappa shape index (κ1) is 17.8. The Morgan fingerprint density at radius 3 is 2.27 bits per heavy atom. The van der Waals surface area contributed by atoms with Crippen LogP contribution in [0.5, 0.6) is 0 Å². The van der Waals surface area contributed by atoms with Crippen molar-refractivity contribution in [2.24, 2.45) is 0 Å². The molecule has 0 aliphatic rings. The average molecular weight is 305 g/mol. The van der Waals surface area contributed by atoms with Crippen LogP contribution in [0, 0.1) is 0 Å². The van der Waals surface area contributed by atoms with Gasteiger partial charge in [0.1, 0.15) is 5.78 Å². The minimum atomic E-state index is -0.353. The third kappa shape index (κ3) is 6.99. The summed E-state index contributed by atoms with van der Waals surface area (Å²) in [6, 6.07) is 6.58. The van der Waals surface area contributed by atoms with E-state index in [0.29, 0.717) is 17.8 Å². The summed E-state index contributed by atoms with van der Waals surface area (Å²) >= 11 is 0. The van der Waals surface area contributed by atoms with Gasteiger partial charge in [0.05, 0.1) is 6.42 Å². The van der Waals surface area contributed by atoms with Crippen molar-refractivity contribution in [2.45, 2.75) is 19.8 Å². The molecule has 1 aromatic rings. The van der Waals surface area contributed by atoms with Crippen molar-refractivity contribution in [3.63, 3.8) is 0 Å². The van der Waals surface area contributed by atoms with E-state index in [1.54, 1.807) is 24.3 Å². The van der Waals surface area contributed by atoms with Crippen molar-refractivity contribution in [3.05, 3.63) is 29.8 Å². The lowest BCUT2D eigenvalue weighted by Crippen LogP contribution is -2.27. The number of carbonyl (C=O) groups is 3. The normalized spacial score (nSPS) is 10.4. The number of ketones is 1. The van der Waals surface area contributed by atoms with Crippen LogP contribution in [0.4, 0.5) is 5.69 Å². The highest BCUT2D eigenvalue weighted by atomic mass is 16.2. The maximum Gasteiger partial charge on any atom is 0.251 e. The molecule has 0 bridgehead atoms. The van der Waals surface area contributed by atoms with E-state index in [4.69, 9.17) is 0 Å². The molecule has 0 aliphatic carbocycles. The van der Waals surface area contributed by atoms with Gasteiger partial charge in [-0.3, -0.25) is 14.4 Å². The number of nitrogens with one attached hydrogen (secondary N) is 2. The molecule has 0 fully saturated rings. The molecule has 0 unspecified atom stereocenters. The number of amides is 2. The highest BCUT2D eigenvalue weighted by Gasteiger charge is 2.07. The van der Waals surface area contributed by atoms with Gasteiger partial charge in [-0.05, 0) is 58.3 Å². The van der Waals surface area contributed by atoms with Crippen LogP contribution >= 0.6 is 0 Å². The number of carbonyl (C=O) groups excluding carboxylic acids is 3. The van der Waals surface area contributed by atoms with Crippen LogP contribution in [0.1, 0.15) is 30.1 Å². The summed E-state index contributed by atoms with van der Waals surface area (Å²) in [5, 5.41) is 5.45. The summed E-state index contributed by atoms with van der Waals surface area (Å²) in [6.45, 7) is 2.90. The Morgan fingerprint density at radius 1 is 1.09 bits per heavy atom. The van der Waals surface area contributed by atoms with E-state index >= 15 is 0 Å². The van der Waals surface area contributed by atoms with E-state index in [1.807, 2.05) is 14.1 Å². The fraction of sp³-hybridized carbons (Fsp3) is 0.438. The second kappa shape index (κ2) is 8.94. The lowest BCUT2D eigenvalue weighted by Gasteiger charge is -2.10. The molecule has 0 atom stereocenters. The van der Waals surface area contributed by atoms with Gasteiger partial charge in [0.25, 0.3) is 5.91 Å². The lowest BCUT2D eigenvalue weighted by molar-refractivity contribution is -0.124. The Hall–Kier alpha value is -2.21. The molecule has 0 saturated heterocycles. The molecule has 0 heterocycles. The summed E-state index contributed by atoms with van der Waals surface area (Å²) in [6.07, 6.45) is 0.742. The zero-order valence-electron chi connectivity index (χ0n) is 13.3. The maximum atomic E-state index is 11.9. The van der Waals surface area contributed by atoms with Gasteiger partial charge in [0.2, 0.25) is 5.91 Å². The maximum absolute atomic E-state index is 11.9. The quantitative estimate of drug-likeness (QED) is 0.560. The lowest BCUT2D eigenvalue weighted by atomic mass is 10.2. The van der Waals surface area contributed by atoms with Crippen molar-refractivity contribution in [3.8, 4) is 0 Å². The molecule has 1 rings (SSSR count). The molecule has 6 nitrogen and oxygen atoms in total. The van der Waals surface area contributed by atoms with Crippen molar-refractivity contribution in [1.29, 1.82) is 0 Å². The summed E-state index contributed by atoms with van der Waals surface area (Å²) in [7, 11) is 3.97. The van der Waals surface area contributed by atoms with Crippen molar-refractivity contribution < 1.29 is 14.4 Å². The molecule has 6 heteroatoms. The van der Waals surface area contributed by atoms with Crippen LogP contribution in [-0.2, 0) is 9.59 Å². The molecule has 0 aromatic heterocycles. The third-order valence-corrected chi connectivity index (χ3v) is 2.91. The SMILES string of the molecule is CC(=O)CC(=O)Nc1ccc(C(=O)NCCCN(C)C)cc1. The van der Waals surface area contributed by atoms with Crippen LogP contribution in [-0.4, -0.2) is 49.7 Å². The summed E-state index contributed by atoms with van der Waals surface area (Å²) in [4.78, 5) is 36.3. The van der Waals surface area contributed by atoms with Crippen molar-refractivity contribution in [2.75, 3.05) is 32.5 Å². The van der Waals surface area contributed by atoms with Crippen LogP contribution in [0.25, 0.3) is 0 Å². The fourth-order valence-electron chi connectivity index (χ4n) is 1.84. The zero-order chi connectivity index (χ0) is 16.5. The van der Waals surface area contributed by atoms with E-state index in [2.05, 4.69) is 15.5 Å². The third-order valence-electron chi connectivity index (χ3n) is 2.91. The van der Waals surface area contributed by atoms with Crippen LogP contribution < -0.4 is 10.6 Å². The van der Waals surface area contributed by atoms with Gasteiger partial charge < -0.3 is 15.5 Å². The number of Topliss-reactive ketones (excluding diaryl/α,β-unsaturated/α-hetero) is 1. The molecular formula is C16H23N3O3. The molecule has 0 radical (unpaired) electrons. The van der Waals surface area contributed by atoms with Gasteiger partial charge in [-0.1, -0.05) is 0 Å². The van der Waals surface area contributed by atoms with Crippen LogP contribution in [0.15, 0.2) is 24.3 Å². The minimum absolute atomic E-state index is 0.139. The molecule has 2 N–H and O–H groups in total. The molecule has 2 amide bonds. The standard InChI is InChI=1S/C16H23N3O3/c1-12(20)11-15(21)18-14-7-5-13(6-8-14)16(22)17-9-4-10-19(2)3/h5-8H,4,9-11H2,1-3H3,(H,17,22)(H,18,21). The topological polar surface area (TPSA) is 78.5 Å². The average Bonchev–Trinajstić information content (AvgIpc) is 2.43. The molecular weight excluding hydrogens is 282 g/mol. The van der Waals surface area contributed by atoms with Crippen molar-refractivity contribution >= 4 is 23.3 Å². The van der Waals surface area contributed by atoms with E-state index in [-0.39, 0.29) is 24.0 Å². The zero-order valence-corrected chi connectivity index (χ0v) is 13.3. The van der Waals surface area contributed by atoms with Gasteiger partial charge >= 0.3 is 0 Å². The van der Waals surface area contributed by atoms with Gasteiger partial charge in [0, 0.05) is 17.8 Å². The summed E-state index contributed by atoms with van der Waals surface area (Å²) < 4.78 is 0. The predicted octanol–water partition coefficient (Wildman–Crippen LogP) is 1.29. The number of benzene rings is 1. The number of hydrogen-bond donors (Lipinski definition) is 2. The van der Waals surface area contributed by atoms with E-state index in [1.165, 1.54) is 6.92 Å². The smallest absolute Gasteiger partial charge is 0.251 e. The van der Waals surface area contributed by atoms with E-state index < -0.39 is 0 Å². The van der Waals surface area contributed by atoms with E-state index in [9.17, 15) is 14.4 Å². The predicted molar refractivity (Wildman–Crippen MR) is 85.9 cm³/mol. The van der Waals surface area contributed by atoms with Gasteiger partial charge in [0.15, 0.2) is 0 Å². The number of nitrogens with zero attached hydrogens (tertiary/aromatic N) is 1. The molecule has 120 valence electrons. The van der Waals surface area contributed by atoms with Crippen LogP contribution in [0.2, 0.25) is 0 Å². The van der Waals surface area contributed by atoms with Crippen molar-refractivity contribution in [1.82, 2.24) is 10.2 Å². The first-order valence-electron chi connectivity index (χ1n) is 7.21. The first-order valence-corrected chi connectivity index (χ1v) is 7.21. The molecule has 1 aromatic carbocycles. The number of rotatable bonds is 8. The van der Waals surface area contributed by atoms with Gasteiger partial charge in [-0.2, -0.15) is 0 Å². The highest BCUT2D eigenvalue weighted by molar-refractivity contribution is 6.03. The Bertz CT molecular complexity index is 524. The minimum Gasteiger partial charge on any atom is -0.352 e. The Kier molecular flexibility index (Phi) is 7.25. The monoisotopic (exact) mass is 305 g/mol. The Morgan fingerprint density at radius 2 is 1.73 bits per heavy atom. The fourth-order valence-corrected chi connectivity index (χ4v) is 1.84. The van der Waals surface area contributed by atoms with Crippen LogP contribution in [0.3, 0.4) is 0 Å². The second-order valence-corrected chi connectivity index (χ2v) is 5.42. The molecule has 0 spiro atoms. The largest absolute Gasteiger partial charge is 0.352 e. The summed E-state index contributed by atoms with van der Waals surface area (Å²) in [5.74, 6) is -0.681. The second-order valence-electron chi connectivity index (χ2n) is 5.42. The van der Waals surface area contributed by atoms with E-state index in [0.717, 1.165) is 13.0 Å². The highest BCUT2D eigenvalue weighted by Crippen LogP contribution is 2.10. The number of anilines is 1. The Labute approximate surface area is 130 Å². The molecule has 22 heavy (non-hydrogen) atoms. The molecule has 0 saturated carbocycles. The first-order chi connectivity index (χ1) is 10.4. The van der Waals surface area contributed by atoms with Gasteiger partial charge in [-0.15, -0.1) is 0 Å². The van der Waals surface area contributed by atoms with Gasteiger partial charge in [-0.25, -0.2) is 0 Å². The molecule has 0 aliphatic heterocycles. The Balaban J connectivity index is 2.45. The summed E-state index contributed by atoms with van der Waals surface area (Å²) in [5.41, 5.74) is 1.10.